The monoisotopic (exact) mass is 428 g/mol. The molecule has 2 aromatic carbocycles. The Balaban J connectivity index is 1.42. The summed E-state index contributed by atoms with van der Waals surface area (Å²) in [5, 5.41) is 0. The molecule has 2 aliphatic rings. The van der Waals surface area contributed by atoms with Gasteiger partial charge >= 0.3 is 6.11 Å². The first-order valence-corrected chi connectivity index (χ1v) is 11.4. The molecule has 0 amide bonds. The highest BCUT2D eigenvalue weighted by atomic mass is 19.3. The highest BCUT2D eigenvalue weighted by Crippen LogP contribution is 2.45. The normalized spacial score (nSPS) is 24.9. The standard InChI is InChI=1S/C27H31F3O/c1-18-3-7-20(8-4-18)21-11-14-24(15-12-21)31-27(29,30)25-16-13-23(17-26(25)28)22-9-5-19(2)6-10-22/h3-4,7-8,11-12,14-15,19,22-23H,5-6,9-10,13,16-17H2,1-2H3. The summed E-state index contributed by atoms with van der Waals surface area (Å²) in [6.45, 7) is 4.26. The molecule has 4 rings (SSSR count). The fourth-order valence-electron chi connectivity index (χ4n) is 5.05. The number of rotatable bonds is 5. The van der Waals surface area contributed by atoms with Crippen molar-refractivity contribution in [3.63, 3.8) is 0 Å². The van der Waals surface area contributed by atoms with Gasteiger partial charge in [-0.2, -0.15) is 8.78 Å². The summed E-state index contributed by atoms with van der Waals surface area (Å²) in [6, 6.07) is 14.5. The van der Waals surface area contributed by atoms with E-state index in [1.165, 1.54) is 12.1 Å². The summed E-state index contributed by atoms with van der Waals surface area (Å²) >= 11 is 0. The largest absolute Gasteiger partial charge is 0.429 e. The van der Waals surface area contributed by atoms with Gasteiger partial charge in [-0.25, -0.2) is 4.39 Å². The van der Waals surface area contributed by atoms with Crippen molar-refractivity contribution < 1.29 is 17.9 Å². The minimum atomic E-state index is -3.62. The summed E-state index contributed by atoms with van der Waals surface area (Å²) < 4.78 is 49.4. The second-order valence-corrected chi connectivity index (χ2v) is 9.42. The molecule has 1 saturated carbocycles. The van der Waals surface area contributed by atoms with Crippen molar-refractivity contribution in [3.05, 3.63) is 65.5 Å². The number of ether oxygens (including phenoxy) is 1. The van der Waals surface area contributed by atoms with Gasteiger partial charge in [-0.3, -0.25) is 0 Å². The van der Waals surface area contributed by atoms with Crippen LogP contribution >= 0.6 is 0 Å². The molecule has 1 fully saturated rings. The van der Waals surface area contributed by atoms with E-state index < -0.39 is 17.5 Å². The maximum atomic E-state index is 14.8. The Hall–Kier alpha value is -2.23. The molecule has 31 heavy (non-hydrogen) atoms. The lowest BCUT2D eigenvalue weighted by Gasteiger charge is -2.36. The van der Waals surface area contributed by atoms with Crippen LogP contribution < -0.4 is 4.74 Å². The molecule has 1 atom stereocenters. The van der Waals surface area contributed by atoms with E-state index in [0.29, 0.717) is 12.3 Å². The van der Waals surface area contributed by atoms with Gasteiger partial charge in [0.2, 0.25) is 0 Å². The number of benzene rings is 2. The Kier molecular flexibility index (Phi) is 6.45. The fraction of sp³-hybridized carbons (Fsp3) is 0.481. The highest BCUT2D eigenvalue weighted by molar-refractivity contribution is 5.64. The quantitative estimate of drug-likeness (QED) is 0.464. The minimum absolute atomic E-state index is 0.0459. The molecule has 1 nitrogen and oxygen atoms in total. The van der Waals surface area contributed by atoms with E-state index in [2.05, 4.69) is 6.92 Å². The van der Waals surface area contributed by atoms with Gasteiger partial charge in [0.05, 0.1) is 5.57 Å². The highest BCUT2D eigenvalue weighted by Gasteiger charge is 2.43. The number of aryl methyl sites for hydroxylation is 1. The topological polar surface area (TPSA) is 9.23 Å². The number of allylic oxidation sites excluding steroid dienone is 1. The Bertz CT molecular complexity index is 907. The van der Waals surface area contributed by atoms with Crippen LogP contribution in [0, 0.1) is 24.7 Å². The predicted molar refractivity (Wildman–Crippen MR) is 119 cm³/mol. The van der Waals surface area contributed by atoms with E-state index in [1.54, 1.807) is 12.1 Å². The Morgan fingerprint density at radius 3 is 1.97 bits per heavy atom. The molecule has 2 aromatic rings. The molecule has 0 radical (unpaired) electrons. The third kappa shape index (κ3) is 5.16. The number of hydrogen-bond donors (Lipinski definition) is 0. The average molecular weight is 429 g/mol. The van der Waals surface area contributed by atoms with Crippen molar-refractivity contribution in [2.45, 2.75) is 64.9 Å². The molecule has 2 aliphatic carbocycles. The smallest absolute Gasteiger partial charge is 0.425 e. The van der Waals surface area contributed by atoms with Crippen LogP contribution in [0.15, 0.2) is 59.9 Å². The van der Waals surface area contributed by atoms with Crippen LogP contribution in [0.4, 0.5) is 13.2 Å². The van der Waals surface area contributed by atoms with Gasteiger partial charge < -0.3 is 4.74 Å². The van der Waals surface area contributed by atoms with Crippen LogP contribution in [-0.2, 0) is 0 Å². The zero-order chi connectivity index (χ0) is 22.0. The van der Waals surface area contributed by atoms with Crippen molar-refractivity contribution in [2.24, 2.45) is 17.8 Å². The van der Waals surface area contributed by atoms with E-state index in [0.717, 1.165) is 48.3 Å². The van der Waals surface area contributed by atoms with Gasteiger partial charge in [-0.05, 0) is 73.6 Å². The molecule has 0 N–H and O–H groups in total. The van der Waals surface area contributed by atoms with Crippen molar-refractivity contribution in [1.29, 1.82) is 0 Å². The average Bonchev–Trinajstić information content (AvgIpc) is 2.75. The third-order valence-corrected chi connectivity index (χ3v) is 7.10. The van der Waals surface area contributed by atoms with Gasteiger partial charge in [0.1, 0.15) is 11.6 Å². The van der Waals surface area contributed by atoms with Crippen LogP contribution in [-0.4, -0.2) is 6.11 Å². The molecular formula is C27H31F3O. The molecule has 0 aromatic heterocycles. The van der Waals surface area contributed by atoms with E-state index >= 15 is 0 Å². The van der Waals surface area contributed by atoms with Gasteiger partial charge in [0.15, 0.2) is 0 Å². The van der Waals surface area contributed by atoms with E-state index in [9.17, 15) is 13.2 Å². The summed E-state index contributed by atoms with van der Waals surface area (Å²) in [6.07, 6.45) is 1.70. The molecular weight excluding hydrogens is 397 g/mol. The number of hydrogen-bond acceptors (Lipinski definition) is 1. The zero-order valence-electron chi connectivity index (χ0n) is 18.3. The van der Waals surface area contributed by atoms with Crippen molar-refractivity contribution in [2.75, 3.05) is 0 Å². The first-order chi connectivity index (χ1) is 14.8. The van der Waals surface area contributed by atoms with Gasteiger partial charge in [-0.15, -0.1) is 0 Å². The third-order valence-electron chi connectivity index (χ3n) is 7.10. The minimum Gasteiger partial charge on any atom is -0.429 e. The van der Waals surface area contributed by atoms with Crippen LogP contribution in [0.5, 0.6) is 5.75 Å². The number of alkyl halides is 2. The summed E-state index contributed by atoms with van der Waals surface area (Å²) in [7, 11) is 0. The first kappa shape index (κ1) is 22.0. The van der Waals surface area contributed by atoms with Gasteiger partial charge in [-0.1, -0.05) is 61.7 Å². The van der Waals surface area contributed by atoms with Crippen LogP contribution in [0.25, 0.3) is 11.1 Å². The van der Waals surface area contributed by atoms with Gasteiger partial charge in [0.25, 0.3) is 0 Å². The zero-order valence-corrected chi connectivity index (χ0v) is 18.3. The summed E-state index contributed by atoms with van der Waals surface area (Å²) in [5.41, 5.74) is 2.61. The second kappa shape index (κ2) is 9.10. The van der Waals surface area contributed by atoms with E-state index in [-0.39, 0.29) is 24.5 Å². The SMILES string of the molecule is Cc1ccc(-c2ccc(OC(F)(F)C3=C(F)CC(C4CCC(C)CC4)CC3)cc2)cc1. The molecule has 1 unspecified atom stereocenters. The second-order valence-electron chi connectivity index (χ2n) is 9.42. The van der Waals surface area contributed by atoms with E-state index in [4.69, 9.17) is 4.74 Å². The van der Waals surface area contributed by atoms with Crippen LogP contribution in [0.3, 0.4) is 0 Å². The van der Waals surface area contributed by atoms with Gasteiger partial charge in [0, 0.05) is 6.42 Å². The molecule has 4 heteroatoms. The molecule has 0 saturated heterocycles. The lowest BCUT2D eigenvalue weighted by molar-refractivity contribution is -0.147. The molecule has 0 aliphatic heterocycles. The Morgan fingerprint density at radius 1 is 0.806 bits per heavy atom. The molecule has 0 bridgehead atoms. The van der Waals surface area contributed by atoms with Crippen molar-refractivity contribution in [1.82, 2.24) is 0 Å². The maximum Gasteiger partial charge on any atom is 0.425 e. The first-order valence-electron chi connectivity index (χ1n) is 11.4. The number of halogens is 3. The maximum absolute atomic E-state index is 14.8. The lowest BCUT2D eigenvalue weighted by Crippen LogP contribution is -2.32. The molecule has 166 valence electrons. The van der Waals surface area contributed by atoms with Crippen LogP contribution in [0.2, 0.25) is 0 Å². The molecule has 0 heterocycles. The summed E-state index contributed by atoms with van der Waals surface area (Å²) in [4.78, 5) is 0. The van der Waals surface area contributed by atoms with Crippen LogP contribution in [0.1, 0.15) is 57.4 Å². The van der Waals surface area contributed by atoms with Crippen molar-refractivity contribution >= 4 is 0 Å². The summed E-state index contributed by atoms with van der Waals surface area (Å²) in [5.74, 6) is 0.750. The van der Waals surface area contributed by atoms with E-state index in [1.807, 2.05) is 31.2 Å². The lowest BCUT2D eigenvalue weighted by atomic mass is 9.71. The fourth-order valence-corrected chi connectivity index (χ4v) is 5.05. The van der Waals surface area contributed by atoms with Crippen molar-refractivity contribution in [3.8, 4) is 16.9 Å². The predicted octanol–water partition coefficient (Wildman–Crippen LogP) is 8.48. The Labute approximate surface area is 183 Å². The molecule has 0 spiro atoms. The Morgan fingerprint density at radius 2 is 1.39 bits per heavy atom.